The minimum atomic E-state index is 0.0489. The zero-order chi connectivity index (χ0) is 20.5. The van der Waals surface area contributed by atoms with E-state index in [1.807, 2.05) is 12.1 Å². The first-order valence-electron chi connectivity index (χ1n) is 10.2. The van der Waals surface area contributed by atoms with Crippen LogP contribution in [0.25, 0.3) is 20.8 Å². The number of thiophene rings is 1. The summed E-state index contributed by atoms with van der Waals surface area (Å²) < 4.78 is 1.18. The normalized spacial score (nSPS) is 18.9. The summed E-state index contributed by atoms with van der Waals surface area (Å²) in [5.41, 5.74) is 3.47. The predicted octanol–water partition coefficient (Wildman–Crippen LogP) is 4.95. The van der Waals surface area contributed by atoms with Crippen molar-refractivity contribution >= 4 is 43.8 Å². The molecule has 4 rings (SSSR count). The van der Waals surface area contributed by atoms with Crippen molar-refractivity contribution in [2.45, 2.75) is 58.7 Å². The molecular weight excluding hydrogens is 400 g/mol. The summed E-state index contributed by atoms with van der Waals surface area (Å²) in [6.07, 6.45) is 1.41. The van der Waals surface area contributed by atoms with E-state index in [4.69, 9.17) is 4.98 Å². The summed E-state index contributed by atoms with van der Waals surface area (Å²) in [4.78, 5) is 18.9. The number of aromatic nitrogens is 1. The van der Waals surface area contributed by atoms with E-state index in [2.05, 4.69) is 55.8 Å². The van der Waals surface area contributed by atoms with E-state index in [1.165, 1.54) is 15.1 Å². The van der Waals surface area contributed by atoms with Gasteiger partial charge in [-0.3, -0.25) is 4.79 Å². The maximum atomic E-state index is 12.6. The maximum absolute atomic E-state index is 12.6. The average molecular weight is 429 g/mol. The lowest BCUT2D eigenvalue weighted by Gasteiger charge is -2.26. The topological polar surface area (TPSA) is 66.0 Å². The molecule has 1 aliphatic rings. The Bertz CT molecular complexity index is 990. The molecule has 1 amide bonds. The minimum Gasteiger partial charge on any atom is -0.317 e. The summed E-state index contributed by atoms with van der Waals surface area (Å²) in [6, 6.07) is 9.29. The number of hydrogen-bond acceptors (Lipinski definition) is 6. The van der Waals surface area contributed by atoms with Crippen LogP contribution in [0.15, 0.2) is 24.3 Å². The zero-order valence-corrected chi connectivity index (χ0v) is 19.0. The fraction of sp³-hybridized carbons (Fsp3) is 0.455. The maximum Gasteiger partial charge on any atom is 0.226 e. The number of fused-ring (bicyclic) bond motifs is 2. The summed E-state index contributed by atoms with van der Waals surface area (Å²) in [6.45, 7) is 9.28. The lowest BCUT2D eigenvalue weighted by molar-refractivity contribution is -0.116. The largest absolute Gasteiger partial charge is 0.317 e. The molecule has 2 aromatic heterocycles. The van der Waals surface area contributed by atoms with E-state index in [-0.39, 0.29) is 11.9 Å². The number of nitrogens with one attached hydrogen (secondary N) is 3. The number of amides is 1. The van der Waals surface area contributed by atoms with Gasteiger partial charge in [0.15, 0.2) is 0 Å². The van der Waals surface area contributed by atoms with E-state index >= 15 is 0 Å². The molecule has 3 heterocycles. The molecule has 0 spiro atoms. The van der Waals surface area contributed by atoms with Gasteiger partial charge in [-0.2, -0.15) is 0 Å². The molecule has 3 aromatic rings. The lowest BCUT2D eigenvalue weighted by atomic mass is 9.95. The molecule has 3 N–H and O–H groups in total. The molecule has 154 valence electrons. The van der Waals surface area contributed by atoms with Gasteiger partial charge in [0.25, 0.3) is 0 Å². The standard InChI is InChI=1S/C22H28N4OS2/c1-12(2)23-10-9-18(27)26-22-19(15-11-13(3)24-14(4)20(15)29-22)21-25-16-7-5-6-8-17(16)28-21/h5-8,12-14,23-24H,9-11H2,1-4H3,(H,26,27)/t13-,14+/m0/s1. The molecule has 0 saturated heterocycles. The number of rotatable bonds is 6. The van der Waals surface area contributed by atoms with Gasteiger partial charge < -0.3 is 16.0 Å². The molecule has 0 saturated carbocycles. The monoisotopic (exact) mass is 428 g/mol. The van der Waals surface area contributed by atoms with E-state index in [1.54, 1.807) is 22.7 Å². The molecule has 1 aliphatic heterocycles. The fourth-order valence-corrected chi connectivity index (χ4v) is 6.23. The van der Waals surface area contributed by atoms with Crippen molar-refractivity contribution in [2.24, 2.45) is 0 Å². The molecule has 0 unspecified atom stereocenters. The van der Waals surface area contributed by atoms with Crippen molar-refractivity contribution in [3.8, 4) is 10.6 Å². The predicted molar refractivity (Wildman–Crippen MR) is 124 cm³/mol. The Morgan fingerprint density at radius 2 is 2.07 bits per heavy atom. The fourth-order valence-electron chi connectivity index (χ4n) is 3.86. The van der Waals surface area contributed by atoms with Gasteiger partial charge in [-0.15, -0.1) is 22.7 Å². The number of anilines is 1. The Kier molecular flexibility index (Phi) is 6.01. The van der Waals surface area contributed by atoms with Crippen molar-refractivity contribution in [3.63, 3.8) is 0 Å². The van der Waals surface area contributed by atoms with Crippen LogP contribution in [0.1, 0.15) is 50.6 Å². The Labute approximate surface area is 179 Å². The highest BCUT2D eigenvalue weighted by molar-refractivity contribution is 7.23. The molecule has 29 heavy (non-hydrogen) atoms. The third-order valence-electron chi connectivity index (χ3n) is 5.14. The molecule has 0 fully saturated rings. The van der Waals surface area contributed by atoms with E-state index in [0.717, 1.165) is 27.5 Å². The average Bonchev–Trinajstić information content (AvgIpc) is 3.22. The number of benzene rings is 1. The number of thiazole rings is 1. The molecule has 0 bridgehead atoms. The van der Waals surface area contributed by atoms with Gasteiger partial charge in [-0.1, -0.05) is 26.0 Å². The van der Waals surface area contributed by atoms with E-state index < -0.39 is 0 Å². The highest BCUT2D eigenvalue weighted by Gasteiger charge is 2.30. The first kappa shape index (κ1) is 20.5. The van der Waals surface area contributed by atoms with E-state index in [0.29, 0.717) is 25.0 Å². The molecule has 7 heteroatoms. The second-order valence-electron chi connectivity index (χ2n) is 8.04. The van der Waals surface area contributed by atoms with Gasteiger partial charge in [0.05, 0.1) is 10.2 Å². The number of carbonyl (C=O) groups is 1. The van der Waals surface area contributed by atoms with Gasteiger partial charge in [0, 0.05) is 41.5 Å². The number of para-hydroxylation sites is 1. The highest BCUT2D eigenvalue weighted by atomic mass is 32.1. The quantitative estimate of drug-likeness (QED) is 0.520. The first-order valence-corrected chi connectivity index (χ1v) is 11.9. The summed E-state index contributed by atoms with van der Waals surface area (Å²) in [5, 5.41) is 12.1. The van der Waals surface area contributed by atoms with Crippen LogP contribution >= 0.6 is 22.7 Å². The van der Waals surface area contributed by atoms with Crippen LogP contribution in [0.4, 0.5) is 5.00 Å². The van der Waals surface area contributed by atoms with Gasteiger partial charge in [0.1, 0.15) is 10.0 Å². The van der Waals surface area contributed by atoms with Crippen LogP contribution in [-0.2, 0) is 11.2 Å². The molecule has 0 aliphatic carbocycles. The Morgan fingerprint density at radius 1 is 1.28 bits per heavy atom. The summed E-state index contributed by atoms with van der Waals surface area (Å²) >= 11 is 3.40. The van der Waals surface area contributed by atoms with Gasteiger partial charge >= 0.3 is 0 Å². The molecule has 5 nitrogen and oxygen atoms in total. The number of nitrogens with zero attached hydrogens (tertiary/aromatic N) is 1. The van der Waals surface area contributed by atoms with Gasteiger partial charge in [-0.05, 0) is 38.0 Å². The van der Waals surface area contributed by atoms with Crippen LogP contribution < -0.4 is 16.0 Å². The third-order valence-corrected chi connectivity index (χ3v) is 7.53. The Morgan fingerprint density at radius 3 is 2.83 bits per heavy atom. The SMILES string of the molecule is CC(C)NCCC(=O)Nc1sc2c(c1-c1nc3ccccc3s1)C[C@H](C)N[C@@H]2C. The van der Waals surface area contributed by atoms with Gasteiger partial charge in [0.2, 0.25) is 5.91 Å². The second-order valence-corrected chi connectivity index (χ2v) is 10.1. The third kappa shape index (κ3) is 4.38. The Hall–Kier alpha value is -1.80. The molecule has 1 aromatic carbocycles. The van der Waals surface area contributed by atoms with Crippen molar-refractivity contribution in [1.29, 1.82) is 0 Å². The Balaban J connectivity index is 1.70. The van der Waals surface area contributed by atoms with Crippen molar-refractivity contribution < 1.29 is 4.79 Å². The van der Waals surface area contributed by atoms with E-state index in [9.17, 15) is 4.79 Å². The summed E-state index contributed by atoms with van der Waals surface area (Å²) in [7, 11) is 0. The smallest absolute Gasteiger partial charge is 0.226 e. The van der Waals surface area contributed by atoms with Crippen LogP contribution in [0.3, 0.4) is 0 Å². The lowest BCUT2D eigenvalue weighted by Crippen LogP contribution is -2.35. The first-order chi connectivity index (χ1) is 13.9. The van der Waals surface area contributed by atoms with Crippen LogP contribution in [0.2, 0.25) is 0 Å². The zero-order valence-electron chi connectivity index (χ0n) is 17.3. The molecule has 0 radical (unpaired) electrons. The van der Waals surface area contributed by atoms with Gasteiger partial charge in [-0.25, -0.2) is 4.98 Å². The van der Waals surface area contributed by atoms with Crippen LogP contribution in [-0.4, -0.2) is 29.5 Å². The van der Waals surface area contributed by atoms with Crippen molar-refractivity contribution in [1.82, 2.24) is 15.6 Å². The number of hydrogen-bond donors (Lipinski definition) is 3. The summed E-state index contributed by atoms with van der Waals surface area (Å²) in [5.74, 6) is 0.0489. The molecule has 2 atom stereocenters. The van der Waals surface area contributed by atoms with Crippen molar-refractivity contribution in [3.05, 3.63) is 34.7 Å². The second kappa shape index (κ2) is 8.52. The highest BCUT2D eigenvalue weighted by Crippen LogP contribution is 2.47. The van der Waals surface area contributed by atoms with Crippen molar-refractivity contribution in [2.75, 3.05) is 11.9 Å². The minimum absolute atomic E-state index is 0.0489. The van der Waals surface area contributed by atoms with Crippen LogP contribution in [0, 0.1) is 0 Å². The van der Waals surface area contributed by atoms with Crippen LogP contribution in [0.5, 0.6) is 0 Å². The molecular formula is C22H28N4OS2. The number of carbonyl (C=O) groups excluding carboxylic acids is 1.